The molecule has 66 heavy (non-hydrogen) atoms. The summed E-state index contributed by atoms with van der Waals surface area (Å²) in [6, 6.07) is 97.0. The molecule has 0 amide bonds. The molecule has 0 aliphatic heterocycles. The van der Waals surface area contributed by atoms with E-state index in [1.807, 2.05) is 0 Å². The molecular weight excluding hydrogens is 797 g/mol. The SMILES string of the molecule is c1ccc(-c2ccccc2-c2ccc(N(c3cccc(-c4ccc5ccccc5c4)c3)c3ccc(-c4ccccc4-n4c5ccccc5c5ccccc54)cc3-c3ccccc3)cc2)cc1. The Balaban J connectivity index is 1.05. The largest absolute Gasteiger partial charge is 0.310 e. The molecule has 0 radical (unpaired) electrons. The molecule has 0 saturated heterocycles. The molecule has 0 spiro atoms. The molecule has 1 heterocycles. The van der Waals surface area contributed by atoms with E-state index in [1.54, 1.807) is 0 Å². The quantitative estimate of drug-likeness (QED) is 0.141. The third kappa shape index (κ3) is 7.02. The first kappa shape index (κ1) is 38.9. The minimum absolute atomic E-state index is 1.07. The van der Waals surface area contributed by atoms with E-state index in [1.165, 1.54) is 66.0 Å². The van der Waals surface area contributed by atoms with Gasteiger partial charge in [0.15, 0.2) is 0 Å². The molecule has 0 N–H and O–H groups in total. The first-order chi connectivity index (χ1) is 32.7. The standard InChI is InChI=1S/C64H44N2/c1-3-19-46(20-4-1)55-26-9-10-27-56(55)48-36-39-53(40-37-48)65(54-25-17-24-50(43-54)51-35-34-45-18-7-8-23-49(45)42-51)64-41-38-52(44-60(64)47-21-5-2-6-22-47)57-28-11-14-31-61(57)66-62-32-15-12-29-58(62)59-30-13-16-33-63(59)66/h1-44H. The van der Waals surface area contributed by atoms with Gasteiger partial charge in [-0.3, -0.25) is 0 Å². The fourth-order valence-electron chi connectivity index (χ4n) is 9.86. The minimum atomic E-state index is 1.07. The zero-order valence-corrected chi connectivity index (χ0v) is 36.3. The van der Waals surface area contributed by atoms with Gasteiger partial charge in [0.2, 0.25) is 0 Å². The van der Waals surface area contributed by atoms with Crippen LogP contribution in [0, 0.1) is 0 Å². The number of para-hydroxylation sites is 3. The van der Waals surface area contributed by atoms with Gasteiger partial charge in [0.25, 0.3) is 0 Å². The lowest BCUT2D eigenvalue weighted by molar-refractivity contribution is 1.18. The first-order valence-electron chi connectivity index (χ1n) is 22.7. The number of hydrogen-bond acceptors (Lipinski definition) is 1. The number of anilines is 3. The third-order valence-corrected chi connectivity index (χ3v) is 13.0. The molecule has 12 aromatic rings. The van der Waals surface area contributed by atoms with Crippen LogP contribution in [-0.2, 0) is 0 Å². The van der Waals surface area contributed by atoms with Crippen molar-refractivity contribution in [1.82, 2.24) is 4.57 Å². The highest BCUT2D eigenvalue weighted by Crippen LogP contribution is 2.46. The molecule has 0 aliphatic carbocycles. The predicted octanol–water partition coefficient (Wildman–Crippen LogP) is 17.7. The topological polar surface area (TPSA) is 8.17 Å². The van der Waals surface area contributed by atoms with Crippen molar-refractivity contribution in [3.8, 4) is 61.3 Å². The summed E-state index contributed by atoms with van der Waals surface area (Å²) in [5.74, 6) is 0. The van der Waals surface area contributed by atoms with Gasteiger partial charge in [0, 0.05) is 33.3 Å². The Morgan fingerprint density at radius 2 is 0.758 bits per heavy atom. The van der Waals surface area contributed by atoms with Crippen molar-refractivity contribution in [2.45, 2.75) is 0 Å². The normalized spacial score (nSPS) is 11.3. The van der Waals surface area contributed by atoms with Crippen LogP contribution < -0.4 is 4.90 Å². The maximum absolute atomic E-state index is 2.43. The highest BCUT2D eigenvalue weighted by molar-refractivity contribution is 6.10. The number of aromatic nitrogens is 1. The van der Waals surface area contributed by atoms with Crippen LogP contribution in [0.15, 0.2) is 267 Å². The van der Waals surface area contributed by atoms with Crippen LogP contribution >= 0.6 is 0 Å². The molecule has 0 unspecified atom stereocenters. The molecule has 11 aromatic carbocycles. The van der Waals surface area contributed by atoms with E-state index in [0.717, 1.165) is 45.0 Å². The molecule has 310 valence electrons. The van der Waals surface area contributed by atoms with E-state index < -0.39 is 0 Å². The molecule has 0 atom stereocenters. The Kier molecular flexibility index (Phi) is 9.89. The number of hydrogen-bond donors (Lipinski definition) is 0. The molecule has 1 aromatic heterocycles. The first-order valence-corrected chi connectivity index (χ1v) is 22.7. The van der Waals surface area contributed by atoms with Gasteiger partial charge in [-0.25, -0.2) is 0 Å². The fraction of sp³-hybridized carbons (Fsp3) is 0. The zero-order chi connectivity index (χ0) is 43.8. The number of fused-ring (bicyclic) bond motifs is 4. The highest BCUT2D eigenvalue weighted by atomic mass is 15.1. The minimum Gasteiger partial charge on any atom is -0.310 e. The summed E-state index contributed by atoms with van der Waals surface area (Å²) < 4.78 is 2.43. The Hall–Kier alpha value is -8.72. The number of benzene rings is 11. The second-order valence-corrected chi connectivity index (χ2v) is 16.9. The van der Waals surface area contributed by atoms with Crippen LogP contribution in [-0.4, -0.2) is 4.57 Å². The maximum Gasteiger partial charge on any atom is 0.0541 e. The Bertz CT molecular complexity index is 3640. The van der Waals surface area contributed by atoms with Crippen molar-refractivity contribution >= 4 is 49.6 Å². The van der Waals surface area contributed by atoms with E-state index in [2.05, 4.69) is 276 Å². The lowest BCUT2D eigenvalue weighted by Gasteiger charge is -2.29. The average molecular weight is 841 g/mol. The van der Waals surface area contributed by atoms with Crippen LogP contribution in [0.1, 0.15) is 0 Å². The number of nitrogens with zero attached hydrogens (tertiary/aromatic N) is 2. The smallest absolute Gasteiger partial charge is 0.0541 e. The summed E-state index contributed by atoms with van der Waals surface area (Å²) in [6.07, 6.45) is 0. The monoisotopic (exact) mass is 840 g/mol. The molecule has 12 rings (SSSR count). The van der Waals surface area contributed by atoms with E-state index in [9.17, 15) is 0 Å². The van der Waals surface area contributed by atoms with Crippen molar-refractivity contribution in [2.24, 2.45) is 0 Å². The van der Waals surface area contributed by atoms with E-state index in [-0.39, 0.29) is 0 Å². The van der Waals surface area contributed by atoms with Gasteiger partial charge in [0.1, 0.15) is 0 Å². The summed E-state index contributed by atoms with van der Waals surface area (Å²) in [5, 5.41) is 4.96. The van der Waals surface area contributed by atoms with Crippen molar-refractivity contribution in [2.75, 3.05) is 4.90 Å². The van der Waals surface area contributed by atoms with Crippen LogP contribution in [0.3, 0.4) is 0 Å². The van der Waals surface area contributed by atoms with Gasteiger partial charge >= 0.3 is 0 Å². The van der Waals surface area contributed by atoms with Crippen LogP contribution in [0.4, 0.5) is 17.1 Å². The maximum atomic E-state index is 2.43. The van der Waals surface area contributed by atoms with Crippen LogP contribution in [0.2, 0.25) is 0 Å². The predicted molar refractivity (Wildman–Crippen MR) is 280 cm³/mol. The van der Waals surface area contributed by atoms with Gasteiger partial charge < -0.3 is 9.47 Å². The Morgan fingerprint density at radius 3 is 1.45 bits per heavy atom. The van der Waals surface area contributed by atoms with Crippen molar-refractivity contribution in [1.29, 1.82) is 0 Å². The second kappa shape index (κ2) is 16.8. The average Bonchev–Trinajstić information content (AvgIpc) is 3.74. The van der Waals surface area contributed by atoms with Crippen molar-refractivity contribution in [3.05, 3.63) is 267 Å². The van der Waals surface area contributed by atoms with Crippen molar-refractivity contribution in [3.63, 3.8) is 0 Å². The van der Waals surface area contributed by atoms with Crippen molar-refractivity contribution < 1.29 is 0 Å². The molecule has 0 saturated carbocycles. The highest BCUT2D eigenvalue weighted by Gasteiger charge is 2.21. The van der Waals surface area contributed by atoms with Gasteiger partial charge in [-0.2, -0.15) is 0 Å². The lowest BCUT2D eigenvalue weighted by Crippen LogP contribution is -2.11. The van der Waals surface area contributed by atoms with Gasteiger partial charge in [-0.05, 0) is 116 Å². The molecule has 2 nitrogen and oxygen atoms in total. The third-order valence-electron chi connectivity index (χ3n) is 13.0. The Morgan fingerprint density at radius 1 is 0.258 bits per heavy atom. The van der Waals surface area contributed by atoms with Crippen LogP contribution in [0.25, 0.3) is 93.9 Å². The Labute approximate surface area is 385 Å². The molecule has 2 heteroatoms. The summed E-state index contributed by atoms with van der Waals surface area (Å²) in [5.41, 5.74) is 18.5. The number of rotatable bonds is 9. The molecule has 0 bridgehead atoms. The molecule has 0 aliphatic rings. The van der Waals surface area contributed by atoms with Gasteiger partial charge in [-0.15, -0.1) is 0 Å². The van der Waals surface area contributed by atoms with Crippen LogP contribution in [0.5, 0.6) is 0 Å². The zero-order valence-electron chi connectivity index (χ0n) is 36.3. The van der Waals surface area contributed by atoms with E-state index in [0.29, 0.717) is 0 Å². The summed E-state index contributed by atoms with van der Waals surface area (Å²) in [4.78, 5) is 2.43. The van der Waals surface area contributed by atoms with E-state index in [4.69, 9.17) is 0 Å². The fourth-order valence-corrected chi connectivity index (χ4v) is 9.86. The van der Waals surface area contributed by atoms with E-state index >= 15 is 0 Å². The molecule has 0 fully saturated rings. The lowest BCUT2D eigenvalue weighted by atomic mass is 9.93. The molecular formula is C64H44N2. The summed E-state index contributed by atoms with van der Waals surface area (Å²) in [7, 11) is 0. The second-order valence-electron chi connectivity index (χ2n) is 16.9. The summed E-state index contributed by atoms with van der Waals surface area (Å²) in [6.45, 7) is 0. The van der Waals surface area contributed by atoms with Gasteiger partial charge in [0.05, 0.1) is 22.4 Å². The van der Waals surface area contributed by atoms with Gasteiger partial charge in [-0.1, -0.05) is 206 Å². The summed E-state index contributed by atoms with van der Waals surface area (Å²) >= 11 is 0.